The summed E-state index contributed by atoms with van der Waals surface area (Å²) in [5.41, 5.74) is 0. The average Bonchev–Trinajstić information content (AvgIpc) is 2.55. The van der Waals surface area contributed by atoms with E-state index in [4.69, 9.17) is 0 Å². The summed E-state index contributed by atoms with van der Waals surface area (Å²) in [5, 5.41) is 2.73. The second-order valence-electron chi connectivity index (χ2n) is 2.20. The van der Waals surface area contributed by atoms with E-state index in [2.05, 4.69) is 10.3 Å². The van der Waals surface area contributed by atoms with Crippen LogP contribution in [0.3, 0.4) is 0 Å². The second-order valence-corrected chi connectivity index (χ2v) is 4.03. The molecule has 2 rings (SSSR count). The van der Waals surface area contributed by atoms with Crippen LogP contribution in [0.2, 0.25) is 0 Å². The molecule has 0 unspecified atom stereocenters. The minimum absolute atomic E-state index is 0.00525. The zero-order valence-corrected chi connectivity index (χ0v) is 7.49. The van der Waals surface area contributed by atoms with Crippen LogP contribution < -0.4 is 10.2 Å². The van der Waals surface area contributed by atoms with Gasteiger partial charge in [-0.05, 0) is 0 Å². The molecule has 58 valence electrons. The molecule has 0 spiro atoms. The zero-order valence-electron chi connectivity index (χ0n) is 5.78. The van der Waals surface area contributed by atoms with Crippen molar-refractivity contribution in [1.29, 1.82) is 0 Å². The third kappa shape index (κ3) is 1.17. The van der Waals surface area contributed by atoms with E-state index in [1.807, 2.05) is 4.94 Å². The molecule has 2 amide bonds. The summed E-state index contributed by atoms with van der Waals surface area (Å²) in [5.74, 6) is 0. The van der Waals surface area contributed by atoms with Crippen molar-refractivity contribution in [2.45, 2.75) is 0 Å². The van der Waals surface area contributed by atoms with Crippen molar-refractivity contribution in [3.63, 3.8) is 0 Å². The Morgan fingerprint density at radius 2 is 2.64 bits per heavy atom. The second kappa shape index (κ2) is 2.68. The Kier molecular flexibility index (Phi) is 1.67. The number of rotatable bonds is 1. The van der Waals surface area contributed by atoms with Crippen molar-refractivity contribution >= 4 is 25.2 Å². The molecule has 2 heterocycles. The molecule has 4 nitrogen and oxygen atoms in total. The fourth-order valence-corrected chi connectivity index (χ4v) is 2.40. The number of nitrogens with one attached hydrogen (secondary N) is 1. The van der Waals surface area contributed by atoms with Gasteiger partial charge in [0.1, 0.15) is 0 Å². The summed E-state index contributed by atoms with van der Waals surface area (Å²) in [6, 6.07) is -0.00525. The van der Waals surface area contributed by atoms with Crippen LogP contribution in [0.25, 0.3) is 0 Å². The maximum absolute atomic E-state index is 11.1. The van der Waals surface area contributed by atoms with Crippen LogP contribution in [0.5, 0.6) is 0 Å². The predicted molar refractivity (Wildman–Crippen MR) is 41.9 cm³/mol. The van der Waals surface area contributed by atoms with Gasteiger partial charge in [0.2, 0.25) is 0 Å². The van der Waals surface area contributed by atoms with E-state index in [-0.39, 0.29) is 20.5 Å². The molecule has 0 atom stereocenters. The third-order valence-electron chi connectivity index (χ3n) is 1.51. The fourth-order valence-electron chi connectivity index (χ4n) is 1.00. The fraction of sp³-hybridized carbons (Fsp3) is 0.333. The van der Waals surface area contributed by atoms with Crippen molar-refractivity contribution < 1.29 is 4.79 Å². The van der Waals surface area contributed by atoms with E-state index < -0.39 is 0 Å². The van der Waals surface area contributed by atoms with E-state index in [0.717, 1.165) is 17.8 Å². The molecule has 0 saturated carbocycles. The topological polar surface area (TPSA) is 45.2 Å². The van der Waals surface area contributed by atoms with Gasteiger partial charge in [0.05, 0.1) is 0 Å². The third-order valence-corrected chi connectivity index (χ3v) is 3.17. The van der Waals surface area contributed by atoms with Crippen molar-refractivity contribution in [2.24, 2.45) is 0 Å². The van der Waals surface area contributed by atoms with E-state index in [1.54, 1.807) is 11.1 Å². The number of urea groups is 1. The molecule has 1 N–H and O–H groups in total. The average molecular weight is 216 g/mol. The monoisotopic (exact) mass is 217 g/mol. The number of carbonyl (C=O) groups excluding carboxylic acids is 1. The molecule has 0 aliphatic carbocycles. The van der Waals surface area contributed by atoms with Crippen LogP contribution in [0, 0.1) is 0 Å². The summed E-state index contributed by atoms with van der Waals surface area (Å²) in [4.78, 5) is 18.9. The molecular formula is C6H7N3OSe. The molecule has 1 saturated heterocycles. The first-order valence-electron chi connectivity index (χ1n) is 3.33. The zero-order chi connectivity index (χ0) is 7.68. The number of amides is 2. The van der Waals surface area contributed by atoms with Crippen molar-refractivity contribution in [3.05, 3.63) is 11.1 Å². The maximum atomic E-state index is 11.1. The van der Waals surface area contributed by atoms with Crippen molar-refractivity contribution in [1.82, 2.24) is 10.3 Å². The van der Waals surface area contributed by atoms with E-state index in [0.29, 0.717) is 0 Å². The van der Waals surface area contributed by atoms with Gasteiger partial charge >= 0.3 is 69.4 Å². The Hall–Kier alpha value is -0.801. The van der Waals surface area contributed by atoms with Crippen molar-refractivity contribution in [3.8, 4) is 0 Å². The summed E-state index contributed by atoms with van der Waals surface area (Å²) >= 11 is 0.266. The van der Waals surface area contributed by atoms with Gasteiger partial charge in [-0.1, -0.05) is 0 Å². The van der Waals surface area contributed by atoms with E-state index >= 15 is 0 Å². The molecule has 0 aromatic carbocycles. The Morgan fingerprint density at radius 3 is 3.18 bits per heavy atom. The van der Waals surface area contributed by atoms with Gasteiger partial charge < -0.3 is 0 Å². The molecule has 11 heavy (non-hydrogen) atoms. The Bertz CT molecular complexity index is 259. The number of hydrogen-bond donors (Lipinski definition) is 1. The molecule has 1 aliphatic rings. The summed E-state index contributed by atoms with van der Waals surface area (Å²) in [6.07, 6.45) is 1.76. The first-order valence-corrected chi connectivity index (χ1v) is 5.17. The normalized spacial score (nSPS) is 17.1. The predicted octanol–water partition coefficient (Wildman–Crippen LogP) is -0.332. The van der Waals surface area contributed by atoms with Gasteiger partial charge in [-0.25, -0.2) is 0 Å². The van der Waals surface area contributed by atoms with Gasteiger partial charge in [0, 0.05) is 0 Å². The number of nitrogens with zero attached hydrogens (tertiary/aromatic N) is 2. The van der Waals surface area contributed by atoms with Crippen LogP contribution in [-0.4, -0.2) is 38.6 Å². The SMILES string of the molecule is O=C1NCCN1c1ncc[se]1. The van der Waals surface area contributed by atoms with E-state index in [1.165, 1.54) is 0 Å². The van der Waals surface area contributed by atoms with Gasteiger partial charge in [-0.15, -0.1) is 0 Å². The summed E-state index contributed by atoms with van der Waals surface area (Å²) in [6.45, 7) is 1.51. The molecule has 1 aromatic rings. The quantitative estimate of drug-likeness (QED) is 0.653. The number of carbonyl (C=O) groups is 1. The van der Waals surface area contributed by atoms with Crippen LogP contribution >= 0.6 is 0 Å². The molecule has 0 bridgehead atoms. The Morgan fingerprint density at radius 1 is 1.73 bits per heavy atom. The van der Waals surface area contributed by atoms with Crippen LogP contribution in [0.15, 0.2) is 11.1 Å². The van der Waals surface area contributed by atoms with Crippen LogP contribution in [0.4, 0.5) is 9.49 Å². The number of hydrogen-bond acceptors (Lipinski definition) is 2. The molecule has 0 radical (unpaired) electrons. The summed E-state index contributed by atoms with van der Waals surface area (Å²) in [7, 11) is 0. The van der Waals surface area contributed by atoms with Gasteiger partial charge in [-0.3, -0.25) is 0 Å². The van der Waals surface area contributed by atoms with Gasteiger partial charge in [-0.2, -0.15) is 0 Å². The number of aromatic nitrogens is 1. The van der Waals surface area contributed by atoms with Gasteiger partial charge in [0.15, 0.2) is 0 Å². The van der Waals surface area contributed by atoms with E-state index in [9.17, 15) is 4.79 Å². The van der Waals surface area contributed by atoms with Crippen molar-refractivity contribution in [2.75, 3.05) is 18.0 Å². The Labute approximate surface area is 70.0 Å². The first kappa shape index (κ1) is 6.88. The van der Waals surface area contributed by atoms with Crippen LogP contribution in [-0.2, 0) is 0 Å². The minimum atomic E-state index is -0.00525. The van der Waals surface area contributed by atoms with Gasteiger partial charge in [0.25, 0.3) is 0 Å². The molecule has 1 fully saturated rings. The standard InChI is InChI=1S/C6H7N3OSe/c10-5-7-1-3-9(5)6-8-2-4-11-6/h2,4H,1,3H2,(H,7,10). The molecule has 5 heteroatoms. The Balaban J connectivity index is 2.23. The number of anilines is 1. The first-order chi connectivity index (χ1) is 5.38. The molecule has 1 aliphatic heterocycles. The summed E-state index contributed by atoms with van der Waals surface area (Å²) < 4.78 is 0.924. The molecular weight excluding hydrogens is 209 g/mol. The van der Waals surface area contributed by atoms with Crippen LogP contribution in [0.1, 0.15) is 0 Å². The molecule has 1 aromatic heterocycles.